The van der Waals surface area contributed by atoms with Crippen molar-refractivity contribution in [3.05, 3.63) is 0 Å². The van der Waals surface area contributed by atoms with Crippen molar-refractivity contribution >= 4 is 0 Å². The van der Waals surface area contributed by atoms with Gasteiger partial charge in [0.1, 0.15) is 0 Å². The molecule has 1 rings (SSSR count). The SMILES string of the molecule is CCC(C)C1CCCCC1C.CCCC. The maximum atomic E-state index is 2.44. The minimum atomic E-state index is 0.963. The van der Waals surface area contributed by atoms with Crippen molar-refractivity contribution in [3.63, 3.8) is 0 Å². The predicted molar refractivity (Wildman–Crippen MR) is 71.2 cm³/mol. The van der Waals surface area contributed by atoms with Crippen molar-refractivity contribution < 1.29 is 0 Å². The Bertz CT molecular complexity index is 122. The summed E-state index contributed by atoms with van der Waals surface area (Å²) in [7, 11) is 0. The lowest BCUT2D eigenvalue weighted by atomic mass is 9.73. The molecule has 0 saturated heterocycles. The number of unbranched alkanes of at least 4 members (excludes halogenated alkanes) is 1. The molecule has 1 aliphatic carbocycles. The maximum absolute atomic E-state index is 2.44. The highest BCUT2D eigenvalue weighted by molar-refractivity contribution is 4.75. The summed E-state index contributed by atoms with van der Waals surface area (Å²) in [5.41, 5.74) is 0. The molecular weight excluding hydrogens is 180 g/mol. The van der Waals surface area contributed by atoms with E-state index in [0.717, 1.165) is 17.8 Å². The molecule has 15 heavy (non-hydrogen) atoms. The van der Waals surface area contributed by atoms with Crippen LogP contribution in [0.1, 0.15) is 79.6 Å². The Balaban J connectivity index is 0.000000423. The molecule has 1 fully saturated rings. The lowest BCUT2D eigenvalue weighted by molar-refractivity contribution is 0.181. The zero-order chi connectivity index (χ0) is 11.7. The van der Waals surface area contributed by atoms with Crippen LogP contribution in [-0.4, -0.2) is 0 Å². The third-order valence-corrected chi connectivity index (χ3v) is 4.05. The van der Waals surface area contributed by atoms with E-state index in [1.165, 1.54) is 44.9 Å². The highest BCUT2D eigenvalue weighted by Gasteiger charge is 2.24. The van der Waals surface area contributed by atoms with Gasteiger partial charge in [0.15, 0.2) is 0 Å². The Labute approximate surface area is 97.8 Å². The van der Waals surface area contributed by atoms with Gasteiger partial charge in [0.25, 0.3) is 0 Å². The summed E-state index contributed by atoms with van der Waals surface area (Å²) < 4.78 is 0. The summed E-state index contributed by atoms with van der Waals surface area (Å²) in [5.74, 6) is 3.00. The van der Waals surface area contributed by atoms with Gasteiger partial charge < -0.3 is 0 Å². The minimum absolute atomic E-state index is 0.963. The second kappa shape index (κ2) is 9.24. The molecule has 0 aliphatic heterocycles. The van der Waals surface area contributed by atoms with E-state index in [1.54, 1.807) is 0 Å². The molecule has 3 atom stereocenters. The van der Waals surface area contributed by atoms with E-state index in [-0.39, 0.29) is 0 Å². The number of hydrogen-bond acceptors (Lipinski definition) is 0. The predicted octanol–water partition coefficient (Wildman–Crippen LogP) is 5.67. The van der Waals surface area contributed by atoms with Crippen LogP contribution >= 0.6 is 0 Å². The molecule has 0 heterocycles. The first kappa shape index (κ1) is 15.0. The Hall–Kier alpha value is 0. The molecule has 0 amide bonds. The molecule has 1 saturated carbocycles. The monoisotopic (exact) mass is 212 g/mol. The molecule has 0 N–H and O–H groups in total. The van der Waals surface area contributed by atoms with Gasteiger partial charge in [-0.1, -0.05) is 73.1 Å². The second-order valence-corrected chi connectivity index (χ2v) is 5.31. The molecule has 92 valence electrons. The molecule has 0 aromatic heterocycles. The number of rotatable bonds is 3. The quantitative estimate of drug-likeness (QED) is 0.566. The van der Waals surface area contributed by atoms with Crippen molar-refractivity contribution in [1.82, 2.24) is 0 Å². The fourth-order valence-corrected chi connectivity index (χ4v) is 2.49. The van der Waals surface area contributed by atoms with Gasteiger partial charge in [-0.3, -0.25) is 0 Å². The molecule has 0 heteroatoms. The van der Waals surface area contributed by atoms with E-state index in [9.17, 15) is 0 Å². The summed E-state index contributed by atoms with van der Waals surface area (Å²) in [6.45, 7) is 11.6. The van der Waals surface area contributed by atoms with Crippen LogP contribution < -0.4 is 0 Å². The van der Waals surface area contributed by atoms with E-state index in [0.29, 0.717) is 0 Å². The summed E-state index contributed by atoms with van der Waals surface area (Å²) in [4.78, 5) is 0. The van der Waals surface area contributed by atoms with Gasteiger partial charge in [-0.2, -0.15) is 0 Å². The summed E-state index contributed by atoms with van der Waals surface area (Å²) in [6, 6.07) is 0. The van der Waals surface area contributed by atoms with Gasteiger partial charge in [0, 0.05) is 0 Å². The smallest absolute Gasteiger partial charge is 0.0363 e. The van der Waals surface area contributed by atoms with Crippen molar-refractivity contribution in [2.24, 2.45) is 17.8 Å². The van der Waals surface area contributed by atoms with Gasteiger partial charge in [-0.05, 0) is 24.2 Å². The van der Waals surface area contributed by atoms with E-state index in [4.69, 9.17) is 0 Å². The standard InChI is InChI=1S/C11H22.C4H10/c1-4-9(2)11-8-6-5-7-10(11)3;1-3-4-2/h9-11H,4-8H2,1-3H3;3-4H2,1-2H3. The number of hydrogen-bond donors (Lipinski definition) is 0. The average Bonchev–Trinajstić information content (AvgIpc) is 2.29. The Morgan fingerprint density at radius 3 is 1.93 bits per heavy atom. The first-order valence-electron chi connectivity index (χ1n) is 7.17. The van der Waals surface area contributed by atoms with Crippen LogP contribution in [0.4, 0.5) is 0 Å². The lowest BCUT2D eigenvalue weighted by Crippen LogP contribution is -2.22. The van der Waals surface area contributed by atoms with Crippen LogP contribution in [0.3, 0.4) is 0 Å². The zero-order valence-corrected chi connectivity index (χ0v) is 11.7. The van der Waals surface area contributed by atoms with E-state index >= 15 is 0 Å². The minimum Gasteiger partial charge on any atom is -0.0654 e. The molecule has 3 unspecified atom stereocenters. The molecule has 0 aromatic rings. The summed E-state index contributed by atoms with van der Waals surface area (Å²) in [5, 5.41) is 0. The molecule has 0 spiro atoms. The Kier molecular flexibility index (Phi) is 9.24. The topological polar surface area (TPSA) is 0 Å². The largest absolute Gasteiger partial charge is 0.0654 e. The third kappa shape index (κ3) is 6.22. The summed E-state index contributed by atoms with van der Waals surface area (Å²) in [6.07, 6.45) is 9.95. The highest BCUT2D eigenvalue weighted by atomic mass is 14.3. The van der Waals surface area contributed by atoms with E-state index < -0.39 is 0 Å². The Morgan fingerprint density at radius 2 is 1.53 bits per heavy atom. The van der Waals surface area contributed by atoms with Crippen LogP contribution in [0.15, 0.2) is 0 Å². The van der Waals surface area contributed by atoms with Gasteiger partial charge in [0.05, 0.1) is 0 Å². The van der Waals surface area contributed by atoms with E-state index in [2.05, 4.69) is 34.6 Å². The molecule has 0 bridgehead atoms. The van der Waals surface area contributed by atoms with Gasteiger partial charge in [0.2, 0.25) is 0 Å². The van der Waals surface area contributed by atoms with Crippen LogP contribution in [0, 0.1) is 17.8 Å². The van der Waals surface area contributed by atoms with Gasteiger partial charge in [-0.15, -0.1) is 0 Å². The van der Waals surface area contributed by atoms with Crippen LogP contribution in [0.5, 0.6) is 0 Å². The van der Waals surface area contributed by atoms with Crippen molar-refractivity contribution in [2.75, 3.05) is 0 Å². The first-order valence-corrected chi connectivity index (χ1v) is 7.17. The zero-order valence-electron chi connectivity index (χ0n) is 11.7. The maximum Gasteiger partial charge on any atom is -0.0363 e. The lowest BCUT2D eigenvalue weighted by Gasteiger charge is -2.33. The molecule has 0 radical (unpaired) electrons. The van der Waals surface area contributed by atoms with Crippen molar-refractivity contribution in [2.45, 2.75) is 79.6 Å². The third-order valence-electron chi connectivity index (χ3n) is 4.05. The van der Waals surface area contributed by atoms with Crippen LogP contribution in [0.2, 0.25) is 0 Å². The Morgan fingerprint density at radius 1 is 1.00 bits per heavy atom. The van der Waals surface area contributed by atoms with Crippen LogP contribution in [0.25, 0.3) is 0 Å². The van der Waals surface area contributed by atoms with Crippen molar-refractivity contribution in [3.8, 4) is 0 Å². The van der Waals surface area contributed by atoms with E-state index in [1.807, 2.05) is 0 Å². The van der Waals surface area contributed by atoms with Gasteiger partial charge >= 0.3 is 0 Å². The fraction of sp³-hybridized carbons (Fsp3) is 1.00. The molecule has 0 nitrogen and oxygen atoms in total. The van der Waals surface area contributed by atoms with Gasteiger partial charge in [-0.25, -0.2) is 0 Å². The fourth-order valence-electron chi connectivity index (χ4n) is 2.49. The average molecular weight is 212 g/mol. The molecule has 1 aliphatic rings. The molecular formula is C15H32. The van der Waals surface area contributed by atoms with Crippen molar-refractivity contribution in [1.29, 1.82) is 0 Å². The molecule has 0 aromatic carbocycles. The highest BCUT2D eigenvalue weighted by Crippen LogP contribution is 2.35. The normalized spacial score (nSPS) is 27.8. The second-order valence-electron chi connectivity index (χ2n) is 5.31. The summed E-state index contributed by atoms with van der Waals surface area (Å²) >= 11 is 0. The van der Waals surface area contributed by atoms with Crippen LogP contribution in [-0.2, 0) is 0 Å². The first-order chi connectivity index (χ1) is 7.17.